The third-order valence-electron chi connectivity index (χ3n) is 3.85. The highest BCUT2D eigenvalue weighted by molar-refractivity contribution is 9.10. The minimum atomic E-state index is 0.343. The van der Waals surface area contributed by atoms with Gasteiger partial charge in [0.2, 0.25) is 0 Å². The highest BCUT2D eigenvalue weighted by Gasteiger charge is 2.23. The molecule has 1 atom stereocenters. The average molecular weight is 341 g/mol. The summed E-state index contributed by atoms with van der Waals surface area (Å²) in [5.74, 6) is 2.88. The lowest BCUT2D eigenvalue weighted by molar-refractivity contribution is 0.266. The van der Waals surface area contributed by atoms with E-state index in [9.17, 15) is 0 Å². The van der Waals surface area contributed by atoms with Gasteiger partial charge in [0, 0.05) is 31.1 Å². The number of rotatable bonds is 5. The molecular formula is C15H25BrN4. The van der Waals surface area contributed by atoms with Gasteiger partial charge in [-0.25, -0.2) is 9.97 Å². The van der Waals surface area contributed by atoms with Crippen LogP contribution in [0.1, 0.15) is 45.9 Å². The van der Waals surface area contributed by atoms with Crippen LogP contribution in [0.2, 0.25) is 0 Å². The molecule has 0 radical (unpaired) electrons. The van der Waals surface area contributed by atoms with E-state index in [1.807, 2.05) is 6.07 Å². The SMILES string of the molecule is CC(C)c1nc(Br)cc(NCC2CCN(C(C)C)C2)n1. The fourth-order valence-electron chi connectivity index (χ4n) is 2.53. The van der Waals surface area contributed by atoms with E-state index in [4.69, 9.17) is 0 Å². The Kier molecular flexibility index (Phi) is 5.38. The Morgan fingerprint density at radius 3 is 2.70 bits per heavy atom. The standard InChI is InChI=1S/C15H25BrN4/c1-10(2)15-18-13(16)7-14(19-15)17-8-12-5-6-20(9-12)11(3)4/h7,10-12H,5-6,8-9H2,1-4H3,(H,17,18,19). The van der Waals surface area contributed by atoms with E-state index in [1.165, 1.54) is 19.5 Å². The summed E-state index contributed by atoms with van der Waals surface area (Å²) in [5, 5.41) is 3.47. The average Bonchev–Trinajstić information content (AvgIpc) is 2.84. The molecule has 0 aliphatic carbocycles. The molecule has 1 unspecified atom stereocenters. The Bertz CT molecular complexity index is 447. The molecular weight excluding hydrogens is 316 g/mol. The van der Waals surface area contributed by atoms with Crippen molar-refractivity contribution in [3.05, 3.63) is 16.5 Å². The predicted octanol–water partition coefficient (Wildman–Crippen LogP) is 3.50. The summed E-state index contributed by atoms with van der Waals surface area (Å²) in [7, 11) is 0. The van der Waals surface area contributed by atoms with Gasteiger partial charge in [-0.15, -0.1) is 0 Å². The molecule has 5 heteroatoms. The highest BCUT2D eigenvalue weighted by atomic mass is 79.9. The fraction of sp³-hybridized carbons (Fsp3) is 0.733. The van der Waals surface area contributed by atoms with Crippen molar-refractivity contribution < 1.29 is 0 Å². The van der Waals surface area contributed by atoms with Crippen LogP contribution in [0.4, 0.5) is 5.82 Å². The molecule has 1 N–H and O–H groups in total. The summed E-state index contributed by atoms with van der Waals surface area (Å²) < 4.78 is 0.855. The van der Waals surface area contributed by atoms with Gasteiger partial charge in [0.05, 0.1) is 0 Å². The lowest BCUT2D eigenvalue weighted by Crippen LogP contribution is -2.29. The maximum atomic E-state index is 4.58. The molecule has 1 aromatic rings. The lowest BCUT2D eigenvalue weighted by atomic mass is 10.1. The van der Waals surface area contributed by atoms with Crippen LogP contribution >= 0.6 is 15.9 Å². The second-order valence-electron chi connectivity index (χ2n) is 6.21. The summed E-state index contributed by atoms with van der Waals surface area (Å²) in [4.78, 5) is 11.5. The molecule has 112 valence electrons. The van der Waals surface area contributed by atoms with Gasteiger partial charge in [-0.1, -0.05) is 13.8 Å². The molecule has 1 fully saturated rings. The van der Waals surface area contributed by atoms with E-state index in [0.717, 1.165) is 22.8 Å². The first-order valence-electron chi connectivity index (χ1n) is 7.48. The Hall–Kier alpha value is -0.680. The van der Waals surface area contributed by atoms with E-state index < -0.39 is 0 Å². The summed E-state index contributed by atoms with van der Waals surface area (Å²) in [6.07, 6.45) is 1.27. The molecule has 1 aliphatic heterocycles. The van der Waals surface area contributed by atoms with Crippen LogP contribution in [-0.4, -0.2) is 40.5 Å². The third kappa shape index (κ3) is 4.16. The Morgan fingerprint density at radius 1 is 1.35 bits per heavy atom. The topological polar surface area (TPSA) is 41.1 Å². The number of anilines is 1. The zero-order chi connectivity index (χ0) is 14.7. The molecule has 4 nitrogen and oxygen atoms in total. The summed E-state index contributed by atoms with van der Waals surface area (Å²) in [6.45, 7) is 12.2. The lowest BCUT2D eigenvalue weighted by Gasteiger charge is -2.20. The van der Waals surface area contributed by atoms with Gasteiger partial charge in [-0.05, 0) is 48.7 Å². The quantitative estimate of drug-likeness (QED) is 0.832. The first-order valence-corrected chi connectivity index (χ1v) is 8.27. The van der Waals surface area contributed by atoms with Crippen molar-refractivity contribution in [2.24, 2.45) is 5.92 Å². The molecule has 1 aromatic heterocycles. The number of hydrogen-bond acceptors (Lipinski definition) is 4. The number of likely N-dealkylation sites (tertiary alicyclic amines) is 1. The molecule has 20 heavy (non-hydrogen) atoms. The van der Waals surface area contributed by atoms with Crippen molar-refractivity contribution in [3.8, 4) is 0 Å². The van der Waals surface area contributed by atoms with E-state index in [-0.39, 0.29) is 0 Å². The maximum Gasteiger partial charge on any atom is 0.134 e. The third-order valence-corrected chi connectivity index (χ3v) is 4.25. The number of nitrogens with one attached hydrogen (secondary N) is 1. The predicted molar refractivity (Wildman–Crippen MR) is 87.1 cm³/mol. The van der Waals surface area contributed by atoms with Crippen LogP contribution in [-0.2, 0) is 0 Å². The first-order chi connectivity index (χ1) is 9.45. The zero-order valence-electron chi connectivity index (χ0n) is 12.9. The number of nitrogens with zero attached hydrogens (tertiary/aromatic N) is 3. The van der Waals surface area contributed by atoms with E-state index in [0.29, 0.717) is 17.9 Å². The van der Waals surface area contributed by atoms with Gasteiger partial charge in [0.25, 0.3) is 0 Å². The van der Waals surface area contributed by atoms with E-state index in [1.54, 1.807) is 0 Å². The molecule has 2 rings (SSSR count). The molecule has 0 aromatic carbocycles. The highest BCUT2D eigenvalue weighted by Crippen LogP contribution is 2.21. The maximum absolute atomic E-state index is 4.58. The molecule has 0 amide bonds. The van der Waals surface area contributed by atoms with Crippen LogP contribution in [0.5, 0.6) is 0 Å². The van der Waals surface area contributed by atoms with Gasteiger partial charge < -0.3 is 10.2 Å². The molecule has 0 spiro atoms. The normalized spacial score (nSPS) is 20.1. The second kappa shape index (κ2) is 6.85. The minimum Gasteiger partial charge on any atom is -0.370 e. The van der Waals surface area contributed by atoms with E-state index in [2.05, 4.69) is 63.8 Å². The first kappa shape index (κ1) is 15.7. The van der Waals surface area contributed by atoms with Gasteiger partial charge in [-0.3, -0.25) is 0 Å². The van der Waals surface area contributed by atoms with Gasteiger partial charge >= 0.3 is 0 Å². The molecule has 0 bridgehead atoms. The second-order valence-corrected chi connectivity index (χ2v) is 7.03. The Balaban J connectivity index is 1.91. The minimum absolute atomic E-state index is 0.343. The van der Waals surface area contributed by atoms with Gasteiger partial charge in [0.1, 0.15) is 16.2 Å². The van der Waals surface area contributed by atoms with Crippen LogP contribution in [0.25, 0.3) is 0 Å². The van der Waals surface area contributed by atoms with E-state index >= 15 is 0 Å². The molecule has 1 aliphatic rings. The smallest absolute Gasteiger partial charge is 0.134 e. The summed E-state index contributed by atoms with van der Waals surface area (Å²) in [5.41, 5.74) is 0. The van der Waals surface area contributed by atoms with Crippen molar-refractivity contribution in [1.29, 1.82) is 0 Å². The largest absolute Gasteiger partial charge is 0.370 e. The number of hydrogen-bond donors (Lipinski definition) is 1. The number of halogens is 1. The summed E-state index contributed by atoms with van der Waals surface area (Å²) in [6, 6.07) is 2.61. The van der Waals surface area contributed by atoms with Gasteiger partial charge in [-0.2, -0.15) is 0 Å². The Morgan fingerprint density at radius 2 is 2.10 bits per heavy atom. The monoisotopic (exact) mass is 340 g/mol. The zero-order valence-corrected chi connectivity index (χ0v) is 14.4. The van der Waals surface area contributed by atoms with Crippen LogP contribution in [0, 0.1) is 5.92 Å². The van der Waals surface area contributed by atoms with Crippen molar-refractivity contribution in [2.75, 3.05) is 25.0 Å². The van der Waals surface area contributed by atoms with Crippen molar-refractivity contribution >= 4 is 21.7 Å². The van der Waals surface area contributed by atoms with Crippen LogP contribution < -0.4 is 5.32 Å². The molecule has 1 saturated heterocycles. The number of aromatic nitrogens is 2. The van der Waals surface area contributed by atoms with Crippen molar-refractivity contribution in [2.45, 2.75) is 46.1 Å². The molecule has 2 heterocycles. The van der Waals surface area contributed by atoms with Crippen LogP contribution in [0.3, 0.4) is 0 Å². The van der Waals surface area contributed by atoms with Crippen molar-refractivity contribution in [3.63, 3.8) is 0 Å². The Labute approximate surface area is 130 Å². The summed E-state index contributed by atoms with van der Waals surface area (Å²) >= 11 is 3.46. The fourth-order valence-corrected chi connectivity index (χ4v) is 2.93. The van der Waals surface area contributed by atoms with Gasteiger partial charge in [0.15, 0.2) is 0 Å². The van der Waals surface area contributed by atoms with Crippen molar-refractivity contribution in [1.82, 2.24) is 14.9 Å². The molecule has 0 saturated carbocycles. The van der Waals surface area contributed by atoms with Crippen LogP contribution in [0.15, 0.2) is 10.7 Å².